The molecule has 3 N–H and O–H groups in total. The summed E-state index contributed by atoms with van der Waals surface area (Å²) in [6, 6.07) is 16.8. The van der Waals surface area contributed by atoms with Crippen LogP contribution in [0.15, 0.2) is 48.5 Å². The smallest absolute Gasteiger partial charge is 0.221 e. The van der Waals surface area contributed by atoms with Crippen molar-refractivity contribution < 1.29 is 4.79 Å². The molecule has 0 saturated carbocycles. The first kappa shape index (κ1) is 17.0. The zero-order chi connectivity index (χ0) is 19.1. The minimum Gasteiger partial charge on any atom is -0.360 e. The Balaban J connectivity index is 1.46. The van der Waals surface area contributed by atoms with Gasteiger partial charge in [0.15, 0.2) is 0 Å². The molecular formula is C22H23N5O. The first-order valence-electron chi connectivity index (χ1n) is 9.71. The molecule has 1 fully saturated rings. The van der Waals surface area contributed by atoms with Gasteiger partial charge in [0, 0.05) is 55.5 Å². The number of carbonyl (C=O) groups excluding carboxylic acids is 1. The van der Waals surface area contributed by atoms with Crippen LogP contribution < -0.4 is 15.5 Å². The predicted molar refractivity (Wildman–Crippen MR) is 111 cm³/mol. The van der Waals surface area contributed by atoms with Gasteiger partial charge in [0.2, 0.25) is 5.91 Å². The molecule has 0 spiro atoms. The van der Waals surface area contributed by atoms with Crippen LogP contribution in [-0.2, 0) is 11.2 Å². The van der Waals surface area contributed by atoms with E-state index in [0.717, 1.165) is 48.8 Å². The minimum absolute atomic E-state index is 0.0561. The van der Waals surface area contributed by atoms with Crippen molar-refractivity contribution in [1.82, 2.24) is 15.5 Å². The van der Waals surface area contributed by atoms with Gasteiger partial charge in [-0.25, -0.2) is 0 Å². The summed E-state index contributed by atoms with van der Waals surface area (Å²) in [4.78, 5) is 13.7. The number of benzene rings is 2. The van der Waals surface area contributed by atoms with E-state index in [-0.39, 0.29) is 11.9 Å². The minimum atomic E-state index is -0.0561. The Morgan fingerprint density at radius 1 is 1.18 bits per heavy atom. The maximum atomic E-state index is 11.3. The number of hydrogen-bond acceptors (Lipinski definition) is 4. The summed E-state index contributed by atoms with van der Waals surface area (Å²) < 4.78 is 0. The number of nitrogens with one attached hydrogen (secondary N) is 3. The lowest BCUT2D eigenvalue weighted by atomic mass is 10.0. The van der Waals surface area contributed by atoms with Crippen molar-refractivity contribution >= 4 is 17.3 Å². The lowest BCUT2D eigenvalue weighted by molar-refractivity contribution is -0.114. The molecule has 1 aromatic heterocycles. The van der Waals surface area contributed by atoms with Gasteiger partial charge in [-0.05, 0) is 29.8 Å². The molecule has 1 aliphatic heterocycles. The Kier molecular flexibility index (Phi) is 4.13. The van der Waals surface area contributed by atoms with Crippen LogP contribution >= 0.6 is 0 Å². The van der Waals surface area contributed by atoms with E-state index >= 15 is 0 Å². The highest BCUT2D eigenvalue weighted by atomic mass is 16.1. The summed E-state index contributed by atoms with van der Waals surface area (Å²) in [5.41, 5.74) is 8.21. The van der Waals surface area contributed by atoms with E-state index in [4.69, 9.17) is 5.10 Å². The van der Waals surface area contributed by atoms with Gasteiger partial charge in [0.25, 0.3) is 0 Å². The number of rotatable bonds is 3. The molecule has 1 saturated heterocycles. The van der Waals surface area contributed by atoms with Gasteiger partial charge in [-0.15, -0.1) is 0 Å². The fourth-order valence-electron chi connectivity index (χ4n) is 4.36. The Morgan fingerprint density at radius 2 is 2.00 bits per heavy atom. The number of carbonyl (C=O) groups is 1. The van der Waals surface area contributed by atoms with Gasteiger partial charge in [0.05, 0.1) is 17.4 Å². The standard InChI is InChI=1S/C22H23N5O/c1-14(28)24-16-6-8-17(9-7-16)27-11-10-23-13-20(27)22-19-12-15-4-2-3-5-18(15)21(19)25-26-22/h2-9,20,23H,10-13H2,1H3,(H,24,28)(H,25,26). The summed E-state index contributed by atoms with van der Waals surface area (Å²) in [7, 11) is 0. The van der Waals surface area contributed by atoms with Crippen molar-refractivity contribution in [2.24, 2.45) is 0 Å². The van der Waals surface area contributed by atoms with Crippen LogP contribution in [0.5, 0.6) is 0 Å². The van der Waals surface area contributed by atoms with E-state index in [1.807, 2.05) is 12.1 Å². The average Bonchev–Trinajstić information content (AvgIpc) is 3.27. The third-order valence-corrected chi connectivity index (χ3v) is 5.63. The summed E-state index contributed by atoms with van der Waals surface area (Å²) in [6.45, 7) is 4.24. The fourth-order valence-corrected chi connectivity index (χ4v) is 4.36. The van der Waals surface area contributed by atoms with Crippen LogP contribution in [0.3, 0.4) is 0 Å². The maximum absolute atomic E-state index is 11.3. The van der Waals surface area contributed by atoms with E-state index in [0.29, 0.717) is 0 Å². The Bertz CT molecular complexity index is 1020. The lowest BCUT2D eigenvalue weighted by Gasteiger charge is -2.37. The van der Waals surface area contributed by atoms with Crippen molar-refractivity contribution in [1.29, 1.82) is 0 Å². The lowest BCUT2D eigenvalue weighted by Crippen LogP contribution is -2.46. The number of nitrogens with zero attached hydrogens (tertiary/aromatic N) is 2. The zero-order valence-electron chi connectivity index (χ0n) is 15.8. The van der Waals surface area contributed by atoms with Gasteiger partial charge in [-0.2, -0.15) is 5.10 Å². The predicted octanol–water partition coefficient (Wildman–Crippen LogP) is 3.09. The highest BCUT2D eigenvalue weighted by Crippen LogP contribution is 2.40. The van der Waals surface area contributed by atoms with Crippen LogP contribution in [0.2, 0.25) is 0 Å². The molecular weight excluding hydrogens is 350 g/mol. The molecule has 1 atom stereocenters. The monoisotopic (exact) mass is 373 g/mol. The molecule has 3 aromatic rings. The normalized spacial score (nSPS) is 17.9. The molecule has 5 rings (SSSR count). The van der Waals surface area contributed by atoms with Gasteiger partial charge < -0.3 is 15.5 Å². The van der Waals surface area contributed by atoms with Crippen molar-refractivity contribution in [3.63, 3.8) is 0 Å². The molecule has 2 heterocycles. The number of anilines is 2. The Labute approximate surface area is 164 Å². The van der Waals surface area contributed by atoms with Gasteiger partial charge in [-0.1, -0.05) is 24.3 Å². The molecule has 1 amide bonds. The zero-order valence-corrected chi connectivity index (χ0v) is 15.8. The van der Waals surface area contributed by atoms with Crippen LogP contribution in [0, 0.1) is 0 Å². The number of aromatic amines is 1. The van der Waals surface area contributed by atoms with E-state index in [1.165, 1.54) is 23.6 Å². The number of piperazine rings is 1. The summed E-state index contributed by atoms with van der Waals surface area (Å²) >= 11 is 0. The maximum Gasteiger partial charge on any atom is 0.221 e. The molecule has 142 valence electrons. The van der Waals surface area contributed by atoms with Gasteiger partial charge in [0.1, 0.15) is 0 Å². The van der Waals surface area contributed by atoms with Crippen LogP contribution in [0.1, 0.15) is 29.8 Å². The van der Waals surface area contributed by atoms with Crippen LogP contribution in [-0.4, -0.2) is 35.7 Å². The van der Waals surface area contributed by atoms with Crippen molar-refractivity contribution in [3.05, 3.63) is 65.4 Å². The Hall–Kier alpha value is -3.12. The van der Waals surface area contributed by atoms with E-state index in [1.54, 1.807) is 0 Å². The third kappa shape index (κ3) is 2.86. The SMILES string of the molecule is CC(=O)Nc1ccc(N2CCNCC2c2n[nH]c3c2Cc2ccccc2-3)cc1. The summed E-state index contributed by atoms with van der Waals surface area (Å²) in [5.74, 6) is -0.0561. The number of hydrogen-bond donors (Lipinski definition) is 3. The Morgan fingerprint density at radius 3 is 2.82 bits per heavy atom. The molecule has 0 bridgehead atoms. The first-order chi connectivity index (χ1) is 13.7. The number of fused-ring (bicyclic) bond motifs is 3. The second-order valence-corrected chi connectivity index (χ2v) is 7.44. The van der Waals surface area contributed by atoms with Crippen molar-refractivity contribution in [2.75, 3.05) is 29.9 Å². The molecule has 6 heteroatoms. The molecule has 2 aliphatic rings. The summed E-state index contributed by atoms with van der Waals surface area (Å²) in [6.07, 6.45) is 0.934. The molecule has 6 nitrogen and oxygen atoms in total. The van der Waals surface area contributed by atoms with Crippen molar-refractivity contribution in [2.45, 2.75) is 19.4 Å². The molecule has 28 heavy (non-hydrogen) atoms. The number of H-pyrrole nitrogens is 1. The fraction of sp³-hybridized carbons (Fsp3) is 0.273. The summed E-state index contributed by atoms with van der Waals surface area (Å²) in [5, 5.41) is 14.4. The second kappa shape index (κ2) is 6.80. The molecule has 0 radical (unpaired) electrons. The van der Waals surface area contributed by atoms with Crippen LogP contribution in [0.4, 0.5) is 11.4 Å². The van der Waals surface area contributed by atoms with E-state index in [2.05, 4.69) is 57.0 Å². The largest absolute Gasteiger partial charge is 0.360 e. The molecule has 1 aliphatic carbocycles. The highest BCUT2D eigenvalue weighted by molar-refractivity contribution is 5.88. The number of amides is 1. The first-order valence-corrected chi connectivity index (χ1v) is 9.71. The topological polar surface area (TPSA) is 73.1 Å². The van der Waals surface area contributed by atoms with Gasteiger partial charge in [-0.3, -0.25) is 9.89 Å². The van der Waals surface area contributed by atoms with E-state index in [9.17, 15) is 4.79 Å². The second-order valence-electron chi connectivity index (χ2n) is 7.44. The third-order valence-electron chi connectivity index (χ3n) is 5.63. The number of aromatic nitrogens is 2. The molecule has 2 aromatic carbocycles. The van der Waals surface area contributed by atoms with Gasteiger partial charge >= 0.3 is 0 Å². The quantitative estimate of drug-likeness (QED) is 0.516. The average molecular weight is 373 g/mol. The van der Waals surface area contributed by atoms with Crippen LogP contribution in [0.25, 0.3) is 11.3 Å². The molecule has 1 unspecified atom stereocenters. The van der Waals surface area contributed by atoms with E-state index < -0.39 is 0 Å². The highest BCUT2D eigenvalue weighted by Gasteiger charge is 2.32. The van der Waals surface area contributed by atoms with Crippen molar-refractivity contribution in [3.8, 4) is 11.3 Å².